The second kappa shape index (κ2) is 5.53. The monoisotopic (exact) mass is 249 g/mol. The van der Waals surface area contributed by atoms with Crippen LogP contribution in [0.1, 0.15) is 0 Å². The fourth-order valence-electron chi connectivity index (χ4n) is 1.17. The van der Waals surface area contributed by atoms with Gasteiger partial charge in [-0.1, -0.05) is 0 Å². The molecule has 1 aromatic rings. The Hall–Kier alpha value is -1.76. The Kier molecular flexibility index (Phi) is 4.33. The van der Waals surface area contributed by atoms with Crippen LogP contribution in [0.2, 0.25) is 0 Å². The molecule has 0 amide bonds. The quantitative estimate of drug-likeness (QED) is 0.778. The summed E-state index contributed by atoms with van der Waals surface area (Å²) in [5.41, 5.74) is -0.437. The summed E-state index contributed by atoms with van der Waals surface area (Å²) in [7, 11) is 1.26. The highest BCUT2D eigenvalue weighted by Crippen LogP contribution is 2.20. The molecule has 1 aromatic carbocycles. The van der Waals surface area contributed by atoms with Crippen molar-refractivity contribution in [2.24, 2.45) is 0 Å². The zero-order valence-electron chi connectivity index (χ0n) is 8.84. The second-order valence-electron chi connectivity index (χ2n) is 3.21. The van der Waals surface area contributed by atoms with E-state index in [1.807, 2.05) is 0 Å². The van der Waals surface area contributed by atoms with Crippen molar-refractivity contribution in [3.8, 4) is 0 Å². The van der Waals surface area contributed by atoms with Crippen LogP contribution in [0.25, 0.3) is 0 Å². The first-order valence-electron chi connectivity index (χ1n) is 4.59. The molecule has 0 fully saturated rings. The minimum atomic E-state index is -1.66. The smallest absolute Gasteiger partial charge is 0.328 e. The fraction of sp³-hybridized carbons (Fsp3) is 0.300. The van der Waals surface area contributed by atoms with Crippen molar-refractivity contribution >= 4 is 11.7 Å². The van der Waals surface area contributed by atoms with Crippen LogP contribution >= 0.6 is 0 Å². The molecule has 0 saturated heterocycles. The molecule has 0 aliphatic heterocycles. The molecule has 0 bridgehead atoms. The van der Waals surface area contributed by atoms with Crippen LogP contribution in [0.15, 0.2) is 12.1 Å². The maximum absolute atomic E-state index is 13.2. The van der Waals surface area contributed by atoms with Gasteiger partial charge in [-0.05, 0) is 12.1 Å². The van der Waals surface area contributed by atoms with E-state index in [9.17, 15) is 18.0 Å². The van der Waals surface area contributed by atoms with Gasteiger partial charge in [0.2, 0.25) is 0 Å². The number of carbonyl (C=O) groups is 1. The van der Waals surface area contributed by atoms with Crippen LogP contribution in [-0.4, -0.2) is 30.8 Å². The number of rotatable bonds is 5. The molecule has 1 rings (SSSR count). The lowest BCUT2D eigenvalue weighted by atomic mass is 10.2. The fourth-order valence-corrected chi connectivity index (χ4v) is 1.17. The molecule has 0 radical (unpaired) electrons. The lowest BCUT2D eigenvalue weighted by Gasteiger charge is -2.15. The van der Waals surface area contributed by atoms with E-state index in [1.165, 1.54) is 7.11 Å². The molecular weight excluding hydrogens is 239 g/mol. The molecule has 0 spiro atoms. The van der Waals surface area contributed by atoms with Crippen LogP contribution < -0.4 is 5.32 Å². The summed E-state index contributed by atoms with van der Waals surface area (Å²) in [6.07, 6.45) is 0. The van der Waals surface area contributed by atoms with Crippen LogP contribution in [-0.2, 0) is 9.53 Å². The van der Waals surface area contributed by atoms with Crippen molar-refractivity contribution in [2.75, 3.05) is 19.0 Å². The van der Waals surface area contributed by atoms with Crippen molar-refractivity contribution in [1.29, 1.82) is 0 Å². The van der Waals surface area contributed by atoms with Gasteiger partial charge in [-0.3, -0.25) is 0 Å². The first-order chi connectivity index (χ1) is 7.97. The molecule has 0 saturated carbocycles. The summed E-state index contributed by atoms with van der Waals surface area (Å²) < 4.78 is 43.3. The van der Waals surface area contributed by atoms with Crippen molar-refractivity contribution < 1.29 is 27.8 Å². The van der Waals surface area contributed by atoms with E-state index >= 15 is 0 Å². The molecular formula is C10H10F3NO3. The SMILES string of the molecule is COCC(Nc1ccc(F)c(F)c1F)C(=O)O. The summed E-state index contributed by atoms with van der Waals surface area (Å²) in [4.78, 5) is 10.7. The number of ether oxygens (including phenoxy) is 1. The molecule has 1 unspecified atom stereocenters. The number of aliphatic carboxylic acids is 1. The van der Waals surface area contributed by atoms with Gasteiger partial charge in [0.05, 0.1) is 12.3 Å². The van der Waals surface area contributed by atoms with E-state index < -0.39 is 35.2 Å². The minimum Gasteiger partial charge on any atom is -0.480 e. The highest BCUT2D eigenvalue weighted by molar-refractivity contribution is 5.77. The van der Waals surface area contributed by atoms with Gasteiger partial charge in [0.15, 0.2) is 17.5 Å². The topological polar surface area (TPSA) is 58.6 Å². The number of benzene rings is 1. The molecule has 1 atom stereocenters. The number of halogens is 3. The zero-order valence-corrected chi connectivity index (χ0v) is 8.84. The van der Waals surface area contributed by atoms with Gasteiger partial charge < -0.3 is 15.2 Å². The molecule has 4 nitrogen and oxygen atoms in total. The van der Waals surface area contributed by atoms with Gasteiger partial charge in [-0.25, -0.2) is 18.0 Å². The third-order valence-corrected chi connectivity index (χ3v) is 2.00. The Morgan fingerprint density at radius 2 is 2.06 bits per heavy atom. The third kappa shape index (κ3) is 3.10. The Morgan fingerprint density at radius 3 is 2.59 bits per heavy atom. The standard InChI is InChI=1S/C10H10F3NO3/c1-17-4-7(10(15)16)14-6-3-2-5(11)8(12)9(6)13/h2-3,7,14H,4H2,1H3,(H,15,16). The maximum Gasteiger partial charge on any atom is 0.328 e. The van der Waals surface area contributed by atoms with E-state index in [0.29, 0.717) is 6.07 Å². The number of nitrogens with one attached hydrogen (secondary N) is 1. The van der Waals surface area contributed by atoms with Gasteiger partial charge >= 0.3 is 5.97 Å². The van der Waals surface area contributed by atoms with Crippen LogP contribution in [0.3, 0.4) is 0 Å². The van der Waals surface area contributed by atoms with Crippen LogP contribution in [0.4, 0.5) is 18.9 Å². The minimum absolute atomic E-state index is 0.242. The van der Waals surface area contributed by atoms with E-state index in [2.05, 4.69) is 10.1 Å². The van der Waals surface area contributed by atoms with Gasteiger partial charge in [0, 0.05) is 7.11 Å². The molecule has 0 aliphatic rings. The Labute approximate surface area is 95.0 Å². The molecule has 2 N–H and O–H groups in total. The maximum atomic E-state index is 13.2. The van der Waals surface area contributed by atoms with Crippen molar-refractivity contribution in [1.82, 2.24) is 0 Å². The van der Waals surface area contributed by atoms with E-state index in [1.54, 1.807) is 0 Å². The van der Waals surface area contributed by atoms with Crippen molar-refractivity contribution in [2.45, 2.75) is 6.04 Å². The summed E-state index contributed by atoms with van der Waals surface area (Å²) >= 11 is 0. The van der Waals surface area contributed by atoms with Crippen molar-refractivity contribution in [3.05, 3.63) is 29.6 Å². The summed E-state index contributed by atoms with van der Waals surface area (Å²) in [6.45, 7) is -0.242. The zero-order chi connectivity index (χ0) is 13.0. The number of methoxy groups -OCH3 is 1. The van der Waals surface area contributed by atoms with Gasteiger partial charge in [-0.15, -0.1) is 0 Å². The Morgan fingerprint density at radius 1 is 1.41 bits per heavy atom. The van der Waals surface area contributed by atoms with E-state index in [4.69, 9.17) is 5.11 Å². The first-order valence-corrected chi connectivity index (χ1v) is 4.59. The predicted octanol–water partition coefficient (Wildman–Crippen LogP) is 1.62. The van der Waals surface area contributed by atoms with Gasteiger partial charge in [-0.2, -0.15) is 0 Å². The summed E-state index contributed by atoms with van der Waals surface area (Å²) in [6, 6.07) is 0.366. The molecule has 0 aromatic heterocycles. The van der Waals surface area contributed by atoms with Crippen LogP contribution in [0, 0.1) is 17.5 Å². The predicted molar refractivity (Wildman–Crippen MR) is 53.2 cm³/mol. The molecule has 7 heteroatoms. The normalized spacial score (nSPS) is 12.2. The highest BCUT2D eigenvalue weighted by atomic mass is 19.2. The molecule has 94 valence electrons. The highest BCUT2D eigenvalue weighted by Gasteiger charge is 2.20. The second-order valence-corrected chi connectivity index (χ2v) is 3.21. The first kappa shape index (κ1) is 13.3. The van der Waals surface area contributed by atoms with E-state index in [0.717, 1.165) is 6.07 Å². The van der Waals surface area contributed by atoms with Crippen LogP contribution in [0.5, 0.6) is 0 Å². The summed E-state index contributed by atoms with van der Waals surface area (Å²) in [5, 5.41) is 11.0. The average molecular weight is 249 g/mol. The Bertz CT molecular complexity index is 426. The average Bonchev–Trinajstić information content (AvgIpc) is 2.28. The summed E-state index contributed by atoms with van der Waals surface area (Å²) in [5.74, 6) is -5.76. The lowest BCUT2D eigenvalue weighted by Crippen LogP contribution is -2.34. The number of hydrogen-bond donors (Lipinski definition) is 2. The largest absolute Gasteiger partial charge is 0.480 e. The van der Waals surface area contributed by atoms with Gasteiger partial charge in [0.25, 0.3) is 0 Å². The third-order valence-electron chi connectivity index (χ3n) is 2.00. The number of carboxylic acid groups (broad SMARTS) is 1. The number of hydrogen-bond acceptors (Lipinski definition) is 3. The van der Waals surface area contributed by atoms with Crippen molar-refractivity contribution in [3.63, 3.8) is 0 Å². The van der Waals surface area contributed by atoms with Gasteiger partial charge in [0.1, 0.15) is 6.04 Å². The van der Waals surface area contributed by atoms with E-state index in [-0.39, 0.29) is 6.61 Å². The lowest BCUT2D eigenvalue weighted by molar-refractivity contribution is -0.139. The number of carboxylic acids is 1. The number of anilines is 1. The Balaban J connectivity index is 2.94. The molecule has 0 aliphatic carbocycles. The molecule has 17 heavy (non-hydrogen) atoms. The molecule has 0 heterocycles.